The monoisotopic (exact) mass is 349 g/mol. The maximum absolute atomic E-state index is 11.3. The van der Waals surface area contributed by atoms with Gasteiger partial charge in [0.25, 0.3) is 0 Å². The summed E-state index contributed by atoms with van der Waals surface area (Å²) in [6.45, 7) is 1.62. The van der Waals surface area contributed by atoms with Gasteiger partial charge in [-0.3, -0.25) is 4.79 Å². The van der Waals surface area contributed by atoms with Crippen molar-refractivity contribution in [3.8, 4) is 12.3 Å². The zero-order valence-electron chi connectivity index (χ0n) is 14.0. The Kier molecular flexibility index (Phi) is 7.37. The molecule has 0 aromatic heterocycles. The van der Waals surface area contributed by atoms with Crippen LogP contribution in [0, 0.1) is 12.3 Å². The molecule has 2 rings (SSSR count). The summed E-state index contributed by atoms with van der Waals surface area (Å²) in [5.74, 6) is 1.92. The largest absolute Gasteiger partial charge is 0.388 e. The summed E-state index contributed by atoms with van der Waals surface area (Å²) < 4.78 is 16.4. The van der Waals surface area contributed by atoms with Crippen molar-refractivity contribution < 1.29 is 29.2 Å². The Labute approximate surface area is 146 Å². The van der Waals surface area contributed by atoms with E-state index in [1.54, 1.807) is 0 Å². The molecule has 1 heterocycles. The smallest absolute Gasteiger partial charge is 0.217 e. The van der Waals surface area contributed by atoms with Crippen LogP contribution in [0.15, 0.2) is 30.3 Å². The second-order valence-corrected chi connectivity index (χ2v) is 5.76. The van der Waals surface area contributed by atoms with Crippen LogP contribution in [0.4, 0.5) is 0 Å². The second-order valence-electron chi connectivity index (χ2n) is 5.76. The first kappa shape index (κ1) is 19.4. The number of aliphatic hydroxyl groups is 2. The molecule has 5 atom stereocenters. The molecule has 1 amide bonds. The molecule has 0 aliphatic carbocycles. The van der Waals surface area contributed by atoms with Crippen LogP contribution in [-0.2, 0) is 25.6 Å². The highest BCUT2D eigenvalue weighted by atomic mass is 16.6. The van der Waals surface area contributed by atoms with Gasteiger partial charge in [0.05, 0.1) is 13.2 Å². The first-order valence-corrected chi connectivity index (χ1v) is 7.98. The van der Waals surface area contributed by atoms with Gasteiger partial charge in [0.2, 0.25) is 5.91 Å². The van der Waals surface area contributed by atoms with Crippen molar-refractivity contribution in [2.45, 2.75) is 44.2 Å². The molecule has 1 aromatic carbocycles. The van der Waals surface area contributed by atoms with E-state index >= 15 is 0 Å². The third-order valence-electron chi connectivity index (χ3n) is 3.82. The summed E-state index contributed by atoms with van der Waals surface area (Å²) in [4.78, 5) is 11.3. The van der Waals surface area contributed by atoms with E-state index in [-0.39, 0.29) is 19.1 Å². The fourth-order valence-corrected chi connectivity index (χ4v) is 2.67. The van der Waals surface area contributed by atoms with Crippen LogP contribution in [0.3, 0.4) is 0 Å². The standard InChI is InChI=1S/C18H23NO6/c1-3-9-24-17-15(19-12(2)20)18(22)25-14(16(17)21)11-23-10-13-7-5-4-6-8-13/h1,4-8,14-18,21-22H,9-11H2,2H3,(H,19,20)/t14-,15-,16+,17-,18-/m1/s1. The molecule has 1 fully saturated rings. The Morgan fingerprint density at radius 2 is 2.08 bits per heavy atom. The molecule has 136 valence electrons. The molecule has 7 nitrogen and oxygen atoms in total. The third kappa shape index (κ3) is 5.53. The highest BCUT2D eigenvalue weighted by Crippen LogP contribution is 2.23. The van der Waals surface area contributed by atoms with Crippen LogP contribution in [-0.4, -0.2) is 60.0 Å². The summed E-state index contributed by atoms with van der Waals surface area (Å²) >= 11 is 0. The van der Waals surface area contributed by atoms with E-state index in [2.05, 4.69) is 11.2 Å². The van der Waals surface area contributed by atoms with Gasteiger partial charge in [-0.05, 0) is 5.56 Å². The normalized spacial score (nSPS) is 29.0. The molecule has 0 bridgehead atoms. The maximum Gasteiger partial charge on any atom is 0.217 e. The summed E-state index contributed by atoms with van der Waals surface area (Å²) in [7, 11) is 0. The average molecular weight is 349 g/mol. The number of carbonyl (C=O) groups excluding carboxylic acids is 1. The molecule has 0 spiro atoms. The number of benzene rings is 1. The lowest BCUT2D eigenvalue weighted by atomic mass is 9.96. The molecular weight excluding hydrogens is 326 g/mol. The van der Waals surface area contributed by atoms with Gasteiger partial charge in [-0.2, -0.15) is 0 Å². The van der Waals surface area contributed by atoms with E-state index in [9.17, 15) is 15.0 Å². The number of nitrogens with one attached hydrogen (secondary N) is 1. The minimum atomic E-state index is -1.35. The average Bonchev–Trinajstić information content (AvgIpc) is 2.59. The van der Waals surface area contributed by atoms with E-state index < -0.39 is 30.6 Å². The molecule has 1 aliphatic heterocycles. The molecule has 1 aromatic rings. The second kappa shape index (κ2) is 9.51. The van der Waals surface area contributed by atoms with Crippen molar-refractivity contribution >= 4 is 5.91 Å². The molecule has 1 saturated heterocycles. The molecule has 0 saturated carbocycles. The molecule has 25 heavy (non-hydrogen) atoms. The topological polar surface area (TPSA) is 97.2 Å². The van der Waals surface area contributed by atoms with E-state index in [0.29, 0.717) is 6.61 Å². The van der Waals surface area contributed by atoms with Gasteiger partial charge >= 0.3 is 0 Å². The van der Waals surface area contributed by atoms with Crippen molar-refractivity contribution in [1.29, 1.82) is 0 Å². The van der Waals surface area contributed by atoms with Gasteiger partial charge in [0.1, 0.15) is 31.0 Å². The van der Waals surface area contributed by atoms with Crippen LogP contribution in [0.5, 0.6) is 0 Å². The van der Waals surface area contributed by atoms with E-state index in [4.69, 9.17) is 20.6 Å². The lowest BCUT2D eigenvalue weighted by Gasteiger charge is -2.42. The predicted molar refractivity (Wildman–Crippen MR) is 89.2 cm³/mol. The number of rotatable bonds is 7. The highest BCUT2D eigenvalue weighted by molar-refractivity contribution is 5.73. The van der Waals surface area contributed by atoms with E-state index in [1.165, 1.54) is 6.92 Å². The zero-order chi connectivity index (χ0) is 18.2. The van der Waals surface area contributed by atoms with Gasteiger partial charge < -0.3 is 29.7 Å². The summed E-state index contributed by atoms with van der Waals surface area (Å²) in [5, 5.41) is 23.2. The summed E-state index contributed by atoms with van der Waals surface area (Å²) in [6.07, 6.45) is 1.000. The fourth-order valence-electron chi connectivity index (χ4n) is 2.67. The molecule has 3 N–H and O–H groups in total. The predicted octanol–water partition coefficient (Wildman–Crippen LogP) is -0.196. The SMILES string of the molecule is C#CCO[C@H]1[C@@H](O)[C@@H](COCc2ccccc2)O[C@@H](O)[C@@H]1NC(C)=O. The third-order valence-corrected chi connectivity index (χ3v) is 3.82. The highest BCUT2D eigenvalue weighted by Gasteiger charge is 2.45. The minimum Gasteiger partial charge on any atom is -0.388 e. The number of carbonyl (C=O) groups is 1. The van der Waals surface area contributed by atoms with Crippen molar-refractivity contribution in [1.82, 2.24) is 5.32 Å². The minimum absolute atomic E-state index is 0.0514. The molecule has 1 aliphatic rings. The van der Waals surface area contributed by atoms with Crippen LogP contribution >= 0.6 is 0 Å². The number of terminal acetylenes is 1. The van der Waals surface area contributed by atoms with E-state index in [1.807, 2.05) is 30.3 Å². The molecule has 0 unspecified atom stereocenters. The number of amides is 1. The lowest BCUT2D eigenvalue weighted by molar-refractivity contribution is -0.263. The number of hydrogen-bond donors (Lipinski definition) is 3. The van der Waals surface area contributed by atoms with Gasteiger partial charge in [0.15, 0.2) is 6.29 Å². The summed E-state index contributed by atoms with van der Waals surface area (Å²) in [5.41, 5.74) is 0.976. The number of ether oxygens (including phenoxy) is 3. The van der Waals surface area contributed by atoms with Crippen molar-refractivity contribution in [2.75, 3.05) is 13.2 Å². The Hall–Kier alpha value is -1.95. The first-order valence-electron chi connectivity index (χ1n) is 7.98. The van der Waals surface area contributed by atoms with Crippen LogP contribution < -0.4 is 5.32 Å². The van der Waals surface area contributed by atoms with Crippen molar-refractivity contribution in [2.24, 2.45) is 0 Å². The zero-order valence-corrected chi connectivity index (χ0v) is 14.0. The quantitative estimate of drug-likeness (QED) is 0.590. The van der Waals surface area contributed by atoms with Crippen molar-refractivity contribution in [3.63, 3.8) is 0 Å². The van der Waals surface area contributed by atoms with Crippen molar-refractivity contribution in [3.05, 3.63) is 35.9 Å². The summed E-state index contributed by atoms with van der Waals surface area (Å²) in [6, 6.07) is 8.61. The Bertz CT molecular complexity index is 587. The first-order chi connectivity index (χ1) is 12.0. The van der Waals surface area contributed by atoms with Gasteiger partial charge in [-0.15, -0.1) is 6.42 Å². The van der Waals surface area contributed by atoms with E-state index in [0.717, 1.165) is 5.56 Å². The van der Waals surface area contributed by atoms with Gasteiger partial charge in [-0.25, -0.2) is 0 Å². The maximum atomic E-state index is 11.3. The molecule has 0 radical (unpaired) electrons. The van der Waals surface area contributed by atoms with Crippen LogP contribution in [0.25, 0.3) is 0 Å². The van der Waals surface area contributed by atoms with Crippen LogP contribution in [0.2, 0.25) is 0 Å². The Morgan fingerprint density at radius 3 is 2.72 bits per heavy atom. The van der Waals surface area contributed by atoms with Gasteiger partial charge in [-0.1, -0.05) is 36.3 Å². The van der Waals surface area contributed by atoms with Gasteiger partial charge in [0, 0.05) is 6.92 Å². The number of aliphatic hydroxyl groups excluding tert-OH is 2. The Balaban J connectivity index is 1.97. The lowest BCUT2D eigenvalue weighted by Crippen LogP contribution is -2.64. The number of hydrogen-bond acceptors (Lipinski definition) is 6. The fraction of sp³-hybridized carbons (Fsp3) is 0.500. The van der Waals surface area contributed by atoms with Crippen LogP contribution in [0.1, 0.15) is 12.5 Å². The Morgan fingerprint density at radius 1 is 1.36 bits per heavy atom. The molecule has 7 heteroatoms. The molecular formula is C18H23NO6.